The van der Waals surface area contributed by atoms with Crippen molar-refractivity contribution in [3.05, 3.63) is 70.4 Å². The van der Waals surface area contributed by atoms with Gasteiger partial charge in [-0.15, -0.1) is 0 Å². The zero-order valence-electron chi connectivity index (χ0n) is 12.7. The number of nitrogens with zero attached hydrogens (tertiary/aromatic N) is 3. The van der Waals surface area contributed by atoms with Crippen molar-refractivity contribution in [3.63, 3.8) is 0 Å². The first-order valence-electron chi connectivity index (χ1n) is 7.28. The highest BCUT2D eigenvalue weighted by atomic mass is 16.1. The van der Waals surface area contributed by atoms with Crippen molar-refractivity contribution in [3.8, 4) is 0 Å². The molecule has 0 bridgehead atoms. The highest BCUT2D eigenvalue weighted by Gasteiger charge is 2.11. The summed E-state index contributed by atoms with van der Waals surface area (Å²) in [5.74, 6) is -0.140. The lowest BCUT2D eigenvalue weighted by atomic mass is 10.1. The van der Waals surface area contributed by atoms with Crippen LogP contribution in [0.3, 0.4) is 0 Å². The van der Waals surface area contributed by atoms with Crippen LogP contribution in [0.1, 0.15) is 18.3 Å². The van der Waals surface area contributed by atoms with Crippen LogP contribution in [-0.2, 0) is 17.9 Å². The summed E-state index contributed by atoms with van der Waals surface area (Å²) in [7, 11) is 0. The molecule has 1 aromatic carbocycles. The molecule has 0 radical (unpaired) electrons. The first kappa shape index (κ1) is 14.9. The lowest BCUT2D eigenvalue weighted by Gasteiger charge is -2.11. The first-order valence-corrected chi connectivity index (χ1v) is 7.28. The van der Waals surface area contributed by atoms with E-state index in [9.17, 15) is 9.59 Å². The molecule has 3 aromatic rings. The van der Waals surface area contributed by atoms with Gasteiger partial charge in [0.15, 0.2) is 0 Å². The number of carbonyl (C=O) groups is 1. The number of aromatic nitrogens is 3. The second kappa shape index (κ2) is 6.39. The van der Waals surface area contributed by atoms with Gasteiger partial charge < -0.3 is 5.32 Å². The van der Waals surface area contributed by atoms with Crippen LogP contribution in [0.2, 0.25) is 0 Å². The van der Waals surface area contributed by atoms with Crippen molar-refractivity contribution in [2.45, 2.75) is 20.0 Å². The van der Waals surface area contributed by atoms with Gasteiger partial charge in [0.2, 0.25) is 5.91 Å². The zero-order chi connectivity index (χ0) is 16.2. The maximum atomic E-state index is 12.6. The molecule has 0 aliphatic carbocycles. The molecule has 0 aliphatic heterocycles. The standard InChI is InChI=1S/C17H16N4O2/c1-12(22)19-10-16-14-7-2-3-8-15(14)17(23)21(20-16)11-13-6-4-5-9-18-13/h2-9H,10-11H2,1H3,(H,19,22). The molecule has 0 aliphatic rings. The van der Waals surface area contributed by atoms with E-state index < -0.39 is 0 Å². The highest BCUT2D eigenvalue weighted by molar-refractivity contribution is 5.84. The molecule has 1 N–H and O–H groups in total. The normalized spacial score (nSPS) is 10.7. The third-order valence-corrected chi connectivity index (χ3v) is 3.49. The molecule has 23 heavy (non-hydrogen) atoms. The topological polar surface area (TPSA) is 76.9 Å². The van der Waals surface area contributed by atoms with Gasteiger partial charge in [-0.05, 0) is 18.2 Å². The van der Waals surface area contributed by atoms with Gasteiger partial charge in [0.1, 0.15) is 0 Å². The minimum absolute atomic E-state index is 0.140. The van der Waals surface area contributed by atoms with Crippen molar-refractivity contribution in [2.24, 2.45) is 0 Å². The fourth-order valence-corrected chi connectivity index (χ4v) is 2.40. The smallest absolute Gasteiger partial charge is 0.275 e. The Labute approximate surface area is 132 Å². The molecule has 0 saturated carbocycles. The van der Waals surface area contributed by atoms with Gasteiger partial charge in [-0.1, -0.05) is 24.3 Å². The zero-order valence-corrected chi connectivity index (χ0v) is 12.7. The molecule has 116 valence electrons. The van der Waals surface area contributed by atoms with Gasteiger partial charge in [-0.25, -0.2) is 4.68 Å². The van der Waals surface area contributed by atoms with E-state index >= 15 is 0 Å². The maximum absolute atomic E-state index is 12.6. The highest BCUT2D eigenvalue weighted by Crippen LogP contribution is 2.13. The lowest BCUT2D eigenvalue weighted by Crippen LogP contribution is -2.28. The number of carbonyl (C=O) groups excluding carboxylic acids is 1. The molecule has 0 saturated heterocycles. The molecule has 0 spiro atoms. The van der Waals surface area contributed by atoms with Gasteiger partial charge in [0.05, 0.1) is 29.9 Å². The van der Waals surface area contributed by atoms with E-state index in [0.29, 0.717) is 11.1 Å². The Morgan fingerprint density at radius 3 is 2.57 bits per heavy atom. The number of pyridine rings is 1. The van der Waals surface area contributed by atoms with E-state index in [2.05, 4.69) is 15.4 Å². The van der Waals surface area contributed by atoms with Crippen LogP contribution in [0, 0.1) is 0 Å². The Bertz CT molecular complexity index is 903. The third kappa shape index (κ3) is 3.26. The molecule has 0 fully saturated rings. The van der Waals surface area contributed by atoms with Crippen molar-refractivity contribution in [2.75, 3.05) is 0 Å². The summed E-state index contributed by atoms with van der Waals surface area (Å²) in [6, 6.07) is 12.8. The van der Waals surface area contributed by atoms with Crippen LogP contribution in [-0.4, -0.2) is 20.7 Å². The third-order valence-electron chi connectivity index (χ3n) is 3.49. The number of rotatable bonds is 4. The van der Waals surface area contributed by atoms with Crippen molar-refractivity contribution in [1.82, 2.24) is 20.1 Å². The molecule has 0 atom stereocenters. The summed E-state index contributed by atoms with van der Waals surface area (Å²) in [6.45, 7) is 2.02. The lowest BCUT2D eigenvalue weighted by molar-refractivity contribution is -0.119. The molecule has 2 heterocycles. The fourth-order valence-electron chi connectivity index (χ4n) is 2.40. The Kier molecular flexibility index (Phi) is 4.14. The average molecular weight is 308 g/mol. The van der Waals surface area contributed by atoms with Crippen LogP contribution in [0.15, 0.2) is 53.5 Å². The first-order chi connectivity index (χ1) is 11.1. The molecular weight excluding hydrogens is 292 g/mol. The molecule has 3 rings (SSSR count). The summed E-state index contributed by atoms with van der Waals surface area (Å²) < 4.78 is 1.39. The summed E-state index contributed by atoms with van der Waals surface area (Å²) in [5.41, 5.74) is 1.24. The van der Waals surface area contributed by atoms with Crippen LogP contribution in [0.25, 0.3) is 10.8 Å². The average Bonchev–Trinajstić information content (AvgIpc) is 2.57. The Morgan fingerprint density at radius 2 is 1.87 bits per heavy atom. The van der Waals surface area contributed by atoms with E-state index in [-0.39, 0.29) is 24.6 Å². The largest absolute Gasteiger partial charge is 0.351 e. The van der Waals surface area contributed by atoms with Crippen molar-refractivity contribution < 1.29 is 4.79 Å². The van der Waals surface area contributed by atoms with Gasteiger partial charge >= 0.3 is 0 Å². The molecule has 0 unspecified atom stereocenters. The van der Waals surface area contributed by atoms with E-state index in [1.165, 1.54) is 11.6 Å². The number of fused-ring (bicyclic) bond motifs is 1. The second-order valence-corrected chi connectivity index (χ2v) is 5.19. The summed E-state index contributed by atoms with van der Waals surface area (Å²) in [6.07, 6.45) is 1.68. The van der Waals surface area contributed by atoms with E-state index in [0.717, 1.165) is 11.1 Å². The van der Waals surface area contributed by atoms with Gasteiger partial charge in [-0.2, -0.15) is 5.10 Å². The van der Waals surface area contributed by atoms with E-state index in [4.69, 9.17) is 0 Å². The summed E-state index contributed by atoms with van der Waals surface area (Å²) >= 11 is 0. The van der Waals surface area contributed by atoms with Crippen molar-refractivity contribution in [1.29, 1.82) is 0 Å². The number of hydrogen-bond acceptors (Lipinski definition) is 4. The minimum atomic E-state index is -0.169. The summed E-state index contributed by atoms with van der Waals surface area (Å²) in [4.78, 5) is 28.0. The molecule has 2 aromatic heterocycles. The second-order valence-electron chi connectivity index (χ2n) is 5.19. The Hall–Kier alpha value is -3.02. The molecule has 6 nitrogen and oxygen atoms in total. The number of benzene rings is 1. The monoisotopic (exact) mass is 308 g/mol. The maximum Gasteiger partial charge on any atom is 0.275 e. The van der Waals surface area contributed by atoms with Crippen LogP contribution < -0.4 is 10.9 Å². The molecule has 1 amide bonds. The fraction of sp³-hybridized carbons (Fsp3) is 0.176. The number of hydrogen-bond donors (Lipinski definition) is 1. The number of nitrogens with one attached hydrogen (secondary N) is 1. The van der Waals surface area contributed by atoms with Crippen LogP contribution in [0.5, 0.6) is 0 Å². The minimum Gasteiger partial charge on any atom is -0.351 e. The van der Waals surface area contributed by atoms with E-state index in [1.807, 2.05) is 36.4 Å². The van der Waals surface area contributed by atoms with Crippen molar-refractivity contribution >= 4 is 16.7 Å². The van der Waals surface area contributed by atoms with Crippen LogP contribution in [0.4, 0.5) is 0 Å². The van der Waals surface area contributed by atoms with E-state index in [1.54, 1.807) is 12.3 Å². The predicted octanol–water partition coefficient (Wildman–Crippen LogP) is 1.48. The SMILES string of the molecule is CC(=O)NCc1nn(Cc2ccccn2)c(=O)c2ccccc12. The Morgan fingerprint density at radius 1 is 1.13 bits per heavy atom. The van der Waals surface area contributed by atoms with Crippen LogP contribution >= 0.6 is 0 Å². The molecule has 6 heteroatoms. The van der Waals surface area contributed by atoms with Gasteiger partial charge in [-0.3, -0.25) is 14.6 Å². The van der Waals surface area contributed by atoms with Gasteiger partial charge in [0.25, 0.3) is 5.56 Å². The molecular formula is C17H16N4O2. The van der Waals surface area contributed by atoms with Gasteiger partial charge in [0, 0.05) is 18.5 Å². The Balaban J connectivity index is 2.09. The quantitative estimate of drug-likeness (QED) is 0.792. The summed E-state index contributed by atoms with van der Waals surface area (Å²) in [5, 5.41) is 8.48. The predicted molar refractivity (Wildman–Crippen MR) is 86.9 cm³/mol. The number of amides is 1.